The van der Waals surface area contributed by atoms with Crippen LogP contribution in [-0.2, 0) is 6.54 Å². The molecule has 1 heterocycles. The molecule has 0 amide bonds. The Balaban J connectivity index is 1.98. The third-order valence-corrected chi connectivity index (χ3v) is 4.00. The molecule has 0 spiro atoms. The summed E-state index contributed by atoms with van der Waals surface area (Å²) >= 11 is 0. The highest BCUT2D eigenvalue weighted by molar-refractivity contribution is 5.70. The number of rotatable bonds is 8. The Labute approximate surface area is 147 Å². The van der Waals surface area contributed by atoms with Gasteiger partial charge in [0.15, 0.2) is 0 Å². The summed E-state index contributed by atoms with van der Waals surface area (Å²) in [4.78, 5) is 0. The summed E-state index contributed by atoms with van der Waals surface area (Å²) in [7, 11) is 1.67. The Morgan fingerprint density at radius 1 is 1.08 bits per heavy atom. The molecule has 3 aromatic rings. The van der Waals surface area contributed by atoms with E-state index in [-0.39, 0.29) is 6.61 Å². The van der Waals surface area contributed by atoms with Crippen molar-refractivity contribution in [2.75, 3.05) is 20.3 Å². The van der Waals surface area contributed by atoms with Gasteiger partial charge in [-0.2, -0.15) is 5.10 Å². The van der Waals surface area contributed by atoms with Gasteiger partial charge in [-0.25, -0.2) is 4.68 Å². The molecule has 2 N–H and O–H groups in total. The molecular formula is C20H23N3O2. The Hall–Kier alpha value is -2.63. The SMILES string of the molecule is COc1ccccc1-c1nn(-c2ccccc2)cc1CNCCCO. The van der Waals surface area contributed by atoms with Crippen LogP contribution < -0.4 is 10.1 Å². The van der Waals surface area contributed by atoms with Crippen molar-refractivity contribution in [1.29, 1.82) is 0 Å². The molecule has 2 aromatic carbocycles. The Morgan fingerprint density at radius 2 is 1.84 bits per heavy atom. The van der Waals surface area contributed by atoms with Gasteiger partial charge in [-0.1, -0.05) is 30.3 Å². The highest BCUT2D eigenvalue weighted by Gasteiger charge is 2.15. The first-order chi connectivity index (χ1) is 12.3. The molecule has 3 rings (SSSR count). The summed E-state index contributed by atoms with van der Waals surface area (Å²) in [6, 6.07) is 18.0. The Bertz CT molecular complexity index is 800. The van der Waals surface area contributed by atoms with Crippen LogP contribution in [0.1, 0.15) is 12.0 Å². The van der Waals surface area contributed by atoms with Crippen LogP contribution in [0.25, 0.3) is 16.9 Å². The standard InChI is InChI=1S/C20H23N3O2/c1-25-19-11-6-5-10-18(19)20-16(14-21-12-7-13-24)15-23(22-20)17-8-3-2-4-9-17/h2-6,8-11,15,21,24H,7,12-14H2,1H3. The fourth-order valence-electron chi connectivity index (χ4n) is 2.75. The van der Waals surface area contributed by atoms with E-state index in [1.807, 2.05) is 65.5 Å². The van der Waals surface area contributed by atoms with Crippen molar-refractivity contribution in [3.05, 3.63) is 66.4 Å². The van der Waals surface area contributed by atoms with Gasteiger partial charge in [-0.15, -0.1) is 0 Å². The monoisotopic (exact) mass is 337 g/mol. The molecule has 0 bridgehead atoms. The molecule has 0 saturated heterocycles. The maximum Gasteiger partial charge on any atom is 0.128 e. The first-order valence-electron chi connectivity index (χ1n) is 8.42. The van der Waals surface area contributed by atoms with E-state index in [4.69, 9.17) is 14.9 Å². The van der Waals surface area contributed by atoms with E-state index < -0.39 is 0 Å². The summed E-state index contributed by atoms with van der Waals surface area (Å²) in [5.74, 6) is 0.803. The number of aromatic nitrogens is 2. The van der Waals surface area contributed by atoms with Crippen molar-refractivity contribution in [1.82, 2.24) is 15.1 Å². The van der Waals surface area contributed by atoms with E-state index in [2.05, 4.69) is 5.32 Å². The van der Waals surface area contributed by atoms with Gasteiger partial charge in [0.1, 0.15) is 11.4 Å². The molecule has 0 atom stereocenters. The molecule has 5 nitrogen and oxygen atoms in total. The smallest absolute Gasteiger partial charge is 0.128 e. The van der Waals surface area contributed by atoms with E-state index in [0.29, 0.717) is 6.54 Å². The lowest BCUT2D eigenvalue weighted by Crippen LogP contribution is -2.15. The second kappa shape index (κ2) is 8.46. The first kappa shape index (κ1) is 17.2. The van der Waals surface area contributed by atoms with Gasteiger partial charge in [0.2, 0.25) is 0 Å². The third kappa shape index (κ3) is 4.07. The summed E-state index contributed by atoms with van der Waals surface area (Å²) < 4.78 is 7.40. The van der Waals surface area contributed by atoms with E-state index in [9.17, 15) is 0 Å². The molecule has 0 unspecified atom stereocenters. The Morgan fingerprint density at radius 3 is 2.60 bits per heavy atom. The van der Waals surface area contributed by atoms with E-state index in [0.717, 1.165) is 41.2 Å². The van der Waals surface area contributed by atoms with Crippen LogP contribution in [0.3, 0.4) is 0 Å². The van der Waals surface area contributed by atoms with Crippen LogP contribution in [0.4, 0.5) is 0 Å². The summed E-state index contributed by atoms with van der Waals surface area (Å²) in [6.45, 7) is 1.63. The van der Waals surface area contributed by atoms with Crippen LogP contribution in [0.15, 0.2) is 60.8 Å². The van der Waals surface area contributed by atoms with Crippen LogP contribution >= 0.6 is 0 Å². The quantitative estimate of drug-likeness (QED) is 0.620. The van der Waals surface area contributed by atoms with Gasteiger partial charge < -0.3 is 15.2 Å². The van der Waals surface area contributed by atoms with Gasteiger partial charge in [-0.05, 0) is 37.2 Å². The topological polar surface area (TPSA) is 59.3 Å². The summed E-state index contributed by atoms with van der Waals surface area (Å²) in [6.07, 6.45) is 2.78. The van der Waals surface area contributed by atoms with Gasteiger partial charge in [0, 0.05) is 30.5 Å². The van der Waals surface area contributed by atoms with Crippen molar-refractivity contribution in [2.45, 2.75) is 13.0 Å². The zero-order chi connectivity index (χ0) is 17.5. The number of hydrogen-bond donors (Lipinski definition) is 2. The molecule has 0 aliphatic carbocycles. The highest BCUT2D eigenvalue weighted by Crippen LogP contribution is 2.31. The van der Waals surface area contributed by atoms with Crippen molar-refractivity contribution in [3.8, 4) is 22.7 Å². The molecule has 0 aliphatic heterocycles. The van der Waals surface area contributed by atoms with Gasteiger partial charge >= 0.3 is 0 Å². The van der Waals surface area contributed by atoms with Gasteiger partial charge in [0.05, 0.1) is 12.8 Å². The number of benzene rings is 2. The number of aliphatic hydroxyl groups excluding tert-OH is 1. The van der Waals surface area contributed by atoms with Crippen LogP contribution in [0.5, 0.6) is 5.75 Å². The highest BCUT2D eigenvalue weighted by atomic mass is 16.5. The number of methoxy groups -OCH3 is 1. The lowest BCUT2D eigenvalue weighted by molar-refractivity contribution is 0.286. The molecule has 0 aliphatic rings. The molecule has 5 heteroatoms. The minimum atomic E-state index is 0.190. The van der Waals surface area contributed by atoms with Crippen molar-refractivity contribution >= 4 is 0 Å². The van der Waals surface area contributed by atoms with E-state index in [1.165, 1.54) is 0 Å². The molecule has 0 fully saturated rings. The van der Waals surface area contributed by atoms with Crippen LogP contribution in [-0.4, -0.2) is 35.1 Å². The minimum absolute atomic E-state index is 0.190. The average Bonchev–Trinajstić information content (AvgIpc) is 3.10. The minimum Gasteiger partial charge on any atom is -0.496 e. The molecule has 0 radical (unpaired) electrons. The normalized spacial score (nSPS) is 10.8. The zero-order valence-corrected chi connectivity index (χ0v) is 14.4. The second-order valence-electron chi connectivity index (χ2n) is 5.74. The van der Waals surface area contributed by atoms with Crippen molar-refractivity contribution in [2.24, 2.45) is 0 Å². The Kier molecular flexibility index (Phi) is 5.82. The molecule has 0 saturated carbocycles. The summed E-state index contributed by atoms with van der Waals surface area (Å²) in [5.41, 5.74) is 3.97. The third-order valence-electron chi connectivity index (χ3n) is 4.00. The molecule has 1 aromatic heterocycles. The van der Waals surface area contributed by atoms with Crippen molar-refractivity contribution in [3.63, 3.8) is 0 Å². The maximum atomic E-state index is 8.94. The molecule has 130 valence electrons. The van der Waals surface area contributed by atoms with Gasteiger partial charge in [0.25, 0.3) is 0 Å². The lowest BCUT2D eigenvalue weighted by Gasteiger charge is -2.08. The predicted octanol–water partition coefficient (Wildman–Crippen LogP) is 3.02. The fraction of sp³-hybridized carbons (Fsp3) is 0.250. The largest absolute Gasteiger partial charge is 0.496 e. The van der Waals surface area contributed by atoms with Crippen LogP contribution in [0, 0.1) is 0 Å². The number of nitrogens with one attached hydrogen (secondary N) is 1. The van der Waals surface area contributed by atoms with E-state index >= 15 is 0 Å². The second-order valence-corrected chi connectivity index (χ2v) is 5.74. The number of ether oxygens (including phenoxy) is 1. The molecule has 25 heavy (non-hydrogen) atoms. The average molecular weight is 337 g/mol. The summed E-state index contributed by atoms with van der Waals surface area (Å²) in [5, 5.41) is 17.1. The van der Waals surface area contributed by atoms with Gasteiger partial charge in [-0.3, -0.25) is 0 Å². The number of hydrogen-bond acceptors (Lipinski definition) is 4. The maximum absolute atomic E-state index is 8.94. The lowest BCUT2D eigenvalue weighted by atomic mass is 10.1. The van der Waals surface area contributed by atoms with Crippen LogP contribution in [0.2, 0.25) is 0 Å². The predicted molar refractivity (Wildman–Crippen MR) is 99.0 cm³/mol. The molecular weight excluding hydrogens is 314 g/mol. The first-order valence-corrected chi connectivity index (χ1v) is 8.42. The zero-order valence-electron chi connectivity index (χ0n) is 14.4. The fourth-order valence-corrected chi connectivity index (χ4v) is 2.75. The van der Waals surface area contributed by atoms with Crippen molar-refractivity contribution < 1.29 is 9.84 Å². The number of para-hydroxylation sites is 2. The number of nitrogens with zero attached hydrogens (tertiary/aromatic N) is 2. The van der Waals surface area contributed by atoms with E-state index in [1.54, 1.807) is 7.11 Å². The number of aliphatic hydroxyl groups is 1.